The first kappa shape index (κ1) is 22.5. The molecule has 0 bridgehead atoms. The van der Waals surface area contributed by atoms with E-state index in [-0.39, 0.29) is 24.9 Å². The van der Waals surface area contributed by atoms with Gasteiger partial charge in [-0.05, 0) is 6.42 Å². The molecule has 0 spiro atoms. The molecule has 16 N–H and O–H groups in total. The smallest absolute Gasteiger partial charge is 0.186 e. The molecule has 0 aromatic rings. The number of nitrogens with zero attached hydrogens (tertiary/aromatic N) is 2. The Bertz CT molecular complexity index is 586. The predicted octanol–water partition coefficient (Wildman–Crippen LogP) is -6.49. The molecular formula is C14H30N8O6. The maximum absolute atomic E-state index is 10.4. The highest BCUT2D eigenvalue weighted by atomic mass is 16.7. The van der Waals surface area contributed by atoms with Gasteiger partial charge < -0.3 is 64.3 Å². The van der Waals surface area contributed by atoms with E-state index in [9.17, 15) is 20.4 Å². The molecule has 0 unspecified atom stereocenters. The third kappa shape index (κ3) is 4.98. The second-order valence-electron chi connectivity index (χ2n) is 6.97. The summed E-state index contributed by atoms with van der Waals surface area (Å²) in [7, 11) is 0. The molecule has 0 amide bonds. The van der Waals surface area contributed by atoms with Crippen molar-refractivity contribution in [3.8, 4) is 0 Å². The lowest BCUT2D eigenvalue weighted by atomic mass is 9.84. The van der Waals surface area contributed by atoms with Crippen molar-refractivity contribution in [2.75, 3.05) is 6.54 Å². The van der Waals surface area contributed by atoms with Gasteiger partial charge in [-0.25, -0.2) is 4.99 Å². The predicted molar refractivity (Wildman–Crippen MR) is 98.4 cm³/mol. The molecule has 0 aromatic heterocycles. The third-order valence-corrected chi connectivity index (χ3v) is 4.82. The van der Waals surface area contributed by atoms with E-state index >= 15 is 0 Å². The highest BCUT2D eigenvalue weighted by Crippen LogP contribution is 2.28. The van der Waals surface area contributed by atoms with Crippen LogP contribution in [0.15, 0.2) is 9.98 Å². The first-order chi connectivity index (χ1) is 13.0. The second kappa shape index (κ2) is 9.15. The van der Waals surface area contributed by atoms with Crippen LogP contribution in [-0.4, -0.2) is 99.9 Å². The van der Waals surface area contributed by atoms with Crippen molar-refractivity contribution < 1.29 is 29.9 Å². The van der Waals surface area contributed by atoms with Crippen molar-refractivity contribution in [2.24, 2.45) is 44.4 Å². The molecule has 162 valence electrons. The Morgan fingerprint density at radius 1 is 0.929 bits per heavy atom. The van der Waals surface area contributed by atoms with Crippen molar-refractivity contribution in [3.05, 3.63) is 0 Å². The van der Waals surface area contributed by atoms with Gasteiger partial charge in [0.05, 0.1) is 18.6 Å². The van der Waals surface area contributed by atoms with Gasteiger partial charge in [-0.2, -0.15) is 0 Å². The fraction of sp³-hybridized carbons (Fsp3) is 0.857. The number of ether oxygens (including phenoxy) is 2. The van der Waals surface area contributed by atoms with Gasteiger partial charge in [0, 0.05) is 6.04 Å². The quantitative estimate of drug-likeness (QED) is 0.151. The van der Waals surface area contributed by atoms with Gasteiger partial charge in [0.2, 0.25) is 0 Å². The van der Waals surface area contributed by atoms with Gasteiger partial charge in [0.1, 0.15) is 36.6 Å². The molecule has 2 fully saturated rings. The summed E-state index contributed by atoms with van der Waals surface area (Å²) in [6.45, 7) is -0.151. The third-order valence-electron chi connectivity index (χ3n) is 4.82. The summed E-state index contributed by atoms with van der Waals surface area (Å²) in [6.07, 6.45) is -8.82. The van der Waals surface area contributed by atoms with Crippen LogP contribution in [-0.2, 0) is 9.47 Å². The summed E-state index contributed by atoms with van der Waals surface area (Å²) in [5.41, 5.74) is 33.1. The number of hydrogen-bond acceptors (Lipinski definition) is 10. The lowest BCUT2D eigenvalue weighted by molar-refractivity contribution is -0.287. The van der Waals surface area contributed by atoms with Crippen LogP contribution in [0.5, 0.6) is 0 Å². The summed E-state index contributed by atoms with van der Waals surface area (Å²) in [4.78, 5) is 7.59. The van der Waals surface area contributed by atoms with Crippen molar-refractivity contribution >= 4 is 11.9 Å². The summed E-state index contributed by atoms with van der Waals surface area (Å²) < 4.78 is 11.2. The van der Waals surface area contributed by atoms with E-state index < -0.39 is 61.0 Å². The zero-order chi connectivity index (χ0) is 21.2. The second-order valence-corrected chi connectivity index (χ2v) is 6.97. The van der Waals surface area contributed by atoms with Crippen molar-refractivity contribution in [1.29, 1.82) is 0 Å². The van der Waals surface area contributed by atoms with Crippen molar-refractivity contribution in [1.82, 2.24) is 0 Å². The molecule has 0 radical (unpaired) electrons. The van der Waals surface area contributed by atoms with Crippen LogP contribution in [0.1, 0.15) is 6.42 Å². The molecular weight excluding hydrogens is 376 g/mol. The van der Waals surface area contributed by atoms with E-state index in [1.54, 1.807) is 0 Å². The van der Waals surface area contributed by atoms with E-state index in [1.165, 1.54) is 0 Å². The Morgan fingerprint density at radius 3 is 2.14 bits per heavy atom. The van der Waals surface area contributed by atoms with Gasteiger partial charge in [-0.15, -0.1) is 0 Å². The van der Waals surface area contributed by atoms with Gasteiger partial charge in [-0.1, -0.05) is 0 Å². The van der Waals surface area contributed by atoms with Crippen LogP contribution in [0.4, 0.5) is 0 Å². The fourth-order valence-corrected chi connectivity index (χ4v) is 3.31. The average Bonchev–Trinajstić information content (AvgIpc) is 2.61. The molecule has 10 atom stereocenters. The topological polar surface area (TPSA) is 280 Å². The van der Waals surface area contributed by atoms with Crippen LogP contribution in [0.25, 0.3) is 0 Å². The molecule has 0 aromatic carbocycles. The Morgan fingerprint density at radius 2 is 1.57 bits per heavy atom. The largest absolute Gasteiger partial charge is 0.388 e. The number of rotatable bonds is 5. The van der Waals surface area contributed by atoms with Crippen LogP contribution in [0.2, 0.25) is 0 Å². The molecule has 1 saturated carbocycles. The molecule has 2 rings (SSSR count). The highest BCUT2D eigenvalue weighted by molar-refractivity contribution is 5.76. The highest BCUT2D eigenvalue weighted by Gasteiger charge is 2.48. The van der Waals surface area contributed by atoms with E-state index in [1.807, 2.05) is 0 Å². The minimum atomic E-state index is -1.45. The Hall–Kier alpha value is -1.78. The molecule has 2 aliphatic rings. The normalized spacial score (nSPS) is 43.9. The number of aliphatic imine (C=N–C) groups is 2. The van der Waals surface area contributed by atoms with Crippen molar-refractivity contribution in [2.45, 2.75) is 67.5 Å². The summed E-state index contributed by atoms with van der Waals surface area (Å²) >= 11 is 0. The van der Waals surface area contributed by atoms with E-state index in [0.29, 0.717) is 0 Å². The van der Waals surface area contributed by atoms with Crippen LogP contribution in [0, 0.1) is 0 Å². The Kier molecular flexibility index (Phi) is 7.35. The molecule has 14 heteroatoms. The van der Waals surface area contributed by atoms with Gasteiger partial charge in [0.15, 0.2) is 18.2 Å². The summed E-state index contributed by atoms with van der Waals surface area (Å²) in [5, 5.41) is 40.9. The number of aliphatic hydroxyl groups is 4. The SMILES string of the molecule is NC(N)=NC[C@H]1O[C@H](O[C@H]2[C@H](O)[C@@H](O)[C@H](N=C(N)N)C[C@@H]2N)[C@H](N)[C@@H](O)[C@@H]1O. The van der Waals surface area contributed by atoms with Crippen LogP contribution < -0.4 is 34.4 Å². The molecule has 28 heavy (non-hydrogen) atoms. The molecule has 1 heterocycles. The Labute approximate surface area is 161 Å². The monoisotopic (exact) mass is 406 g/mol. The minimum absolute atomic E-state index is 0.116. The zero-order valence-corrected chi connectivity index (χ0v) is 15.2. The number of nitrogens with two attached hydrogens (primary N) is 6. The molecule has 1 aliphatic carbocycles. The molecule has 1 saturated heterocycles. The minimum Gasteiger partial charge on any atom is -0.388 e. The number of aliphatic hydroxyl groups excluding tert-OH is 4. The fourth-order valence-electron chi connectivity index (χ4n) is 3.31. The van der Waals surface area contributed by atoms with Gasteiger partial charge in [0.25, 0.3) is 0 Å². The Balaban J connectivity index is 2.11. The van der Waals surface area contributed by atoms with E-state index in [4.69, 9.17) is 43.9 Å². The standard InChI is InChI=1S/C14H30N8O6/c15-3-1-4(22-14(19)20)7(23)10(26)11(3)28-12-6(16)9(25)8(24)5(27-12)2-21-13(17)18/h3-12,23-26H,1-2,15-16H2,(H4,17,18,21)(H4,19,20,22)/t3-,4+,5+,6+,7-,8+,9+,10+,11+,12+/m0/s1. The zero-order valence-electron chi connectivity index (χ0n) is 15.2. The maximum atomic E-state index is 10.4. The van der Waals surface area contributed by atoms with E-state index in [0.717, 1.165) is 0 Å². The summed E-state index contributed by atoms with van der Waals surface area (Å²) in [5.74, 6) is -0.476. The van der Waals surface area contributed by atoms with Gasteiger partial charge >= 0.3 is 0 Å². The first-order valence-corrected chi connectivity index (χ1v) is 8.71. The first-order valence-electron chi connectivity index (χ1n) is 8.71. The summed E-state index contributed by atoms with van der Waals surface area (Å²) in [6, 6.07) is -2.74. The maximum Gasteiger partial charge on any atom is 0.186 e. The number of hydrogen-bond donors (Lipinski definition) is 10. The molecule has 1 aliphatic heterocycles. The van der Waals surface area contributed by atoms with Crippen LogP contribution >= 0.6 is 0 Å². The van der Waals surface area contributed by atoms with E-state index in [2.05, 4.69) is 9.98 Å². The van der Waals surface area contributed by atoms with Crippen molar-refractivity contribution in [3.63, 3.8) is 0 Å². The number of guanidine groups is 2. The van der Waals surface area contributed by atoms with Gasteiger partial charge in [-0.3, -0.25) is 4.99 Å². The lowest BCUT2D eigenvalue weighted by Gasteiger charge is -2.45. The van der Waals surface area contributed by atoms with Crippen LogP contribution in [0.3, 0.4) is 0 Å². The average molecular weight is 406 g/mol. The lowest BCUT2D eigenvalue weighted by Crippen LogP contribution is -2.66. The molecule has 14 nitrogen and oxygen atoms in total.